The highest BCUT2D eigenvalue weighted by Crippen LogP contribution is 2.45. The summed E-state index contributed by atoms with van der Waals surface area (Å²) in [6.07, 6.45) is 6.00. The third-order valence-electron chi connectivity index (χ3n) is 7.12. The fourth-order valence-electron chi connectivity index (χ4n) is 5.55. The molecule has 32 heavy (non-hydrogen) atoms. The molecule has 2 N–H and O–H groups in total. The van der Waals surface area contributed by atoms with E-state index in [1.165, 1.54) is 22.5 Å². The summed E-state index contributed by atoms with van der Waals surface area (Å²) in [6.45, 7) is 5.24. The van der Waals surface area contributed by atoms with Gasteiger partial charge in [-0.3, -0.25) is 4.79 Å². The van der Waals surface area contributed by atoms with Crippen molar-refractivity contribution in [3.05, 3.63) is 48.6 Å². The van der Waals surface area contributed by atoms with Crippen LogP contribution in [0.15, 0.2) is 48.6 Å². The van der Waals surface area contributed by atoms with Crippen molar-refractivity contribution in [1.29, 1.82) is 0 Å². The van der Waals surface area contributed by atoms with Gasteiger partial charge in [-0.05, 0) is 66.1 Å². The smallest absolute Gasteiger partial charge is 0.245 e. The largest absolute Gasteiger partial charge is 0.383 e. The first-order valence-corrected chi connectivity index (χ1v) is 11.9. The van der Waals surface area contributed by atoms with Crippen LogP contribution in [0.25, 0.3) is 32.4 Å². The van der Waals surface area contributed by atoms with E-state index in [1.807, 2.05) is 4.90 Å². The maximum atomic E-state index is 12.1. The van der Waals surface area contributed by atoms with E-state index in [4.69, 9.17) is 10.8 Å². The van der Waals surface area contributed by atoms with Crippen molar-refractivity contribution in [1.82, 2.24) is 24.6 Å². The number of aromatic nitrogens is 4. The van der Waals surface area contributed by atoms with E-state index in [0.717, 1.165) is 54.6 Å². The molecule has 3 unspecified atom stereocenters. The van der Waals surface area contributed by atoms with E-state index < -0.39 is 0 Å². The number of piperidine rings is 1. The van der Waals surface area contributed by atoms with Crippen molar-refractivity contribution in [3.8, 4) is 11.3 Å². The van der Waals surface area contributed by atoms with Gasteiger partial charge < -0.3 is 10.6 Å². The third kappa shape index (κ3) is 3.01. The summed E-state index contributed by atoms with van der Waals surface area (Å²) < 4.78 is 3.32. The summed E-state index contributed by atoms with van der Waals surface area (Å²) in [6, 6.07) is 8.76. The molecule has 4 aromatic rings. The molecule has 3 aromatic heterocycles. The number of carbonyl (C=O) groups excluding carboxylic acids is 1. The van der Waals surface area contributed by atoms with Crippen LogP contribution in [0.3, 0.4) is 0 Å². The van der Waals surface area contributed by atoms with Crippen molar-refractivity contribution in [2.45, 2.75) is 25.3 Å². The second kappa shape index (κ2) is 7.41. The molecule has 1 aromatic carbocycles. The summed E-state index contributed by atoms with van der Waals surface area (Å²) in [5.74, 6) is 1.56. The number of carbonyl (C=O) groups is 1. The van der Waals surface area contributed by atoms with Crippen LogP contribution < -0.4 is 5.73 Å². The average molecular weight is 445 g/mol. The van der Waals surface area contributed by atoms with E-state index >= 15 is 0 Å². The number of hydrogen-bond donors (Lipinski definition) is 1. The molecule has 0 radical (unpaired) electrons. The molecule has 162 valence electrons. The van der Waals surface area contributed by atoms with Crippen LogP contribution in [0.4, 0.5) is 5.82 Å². The van der Waals surface area contributed by atoms with Gasteiger partial charge in [0.25, 0.3) is 0 Å². The highest BCUT2D eigenvalue weighted by molar-refractivity contribution is 7.17. The van der Waals surface area contributed by atoms with Gasteiger partial charge in [-0.1, -0.05) is 12.6 Å². The number of amides is 1. The van der Waals surface area contributed by atoms with Crippen LogP contribution in [0.2, 0.25) is 0 Å². The lowest BCUT2D eigenvalue weighted by atomic mass is 9.89. The van der Waals surface area contributed by atoms with Crippen LogP contribution in [0, 0.1) is 11.8 Å². The van der Waals surface area contributed by atoms with Gasteiger partial charge in [0.2, 0.25) is 5.91 Å². The summed E-state index contributed by atoms with van der Waals surface area (Å²) in [5.41, 5.74) is 8.98. The number of nitrogens with zero attached hydrogens (tertiary/aromatic N) is 5. The van der Waals surface area contributed by atoms with E-state index in [9.17, 15) is 4.79 Å². The molecule has 0 spiro atoms. The molecular formula is C24H24N6OS. The molecule has 1 aliphatic heterocycles. The molecule has 8 heteroatoms. The average Bonchev–Trinajstić information content (AvgIpc) is 3.53. The van der Waals surface area contributed by atoms with Crippen molar-refractivity contribution in [2.75, 3.05) is 18.8 Å². The fourth-order valence-corrected chi connectivity index (χ4v) is 6.32. The number of anilines is 1. The lowest BCUT2D eigenvalue weighted by Crippen LogP contribution is -2.41. The van der Waals surface area contributed by atoms with Gasteiger partial charge in [-0.15, -0.1) is 11.3 Å². The van der Waals surface area contributed by atoms with Crippen molar-refractivity contribution < 1.29 is 4.79 Å². The predicted octanol–water partition coefficient (Wildman–Crippen LogP) is 4.28. The highest BCUT2D eigenvalue weighted by Gasteiger charge is 2.40. The second-order valence-electron chi connectivity index (χ2n) is 8.85. The molecule has 1 saturated heterocycles. The quantitative estimate of drug-likeness (QED) is 0.477. The molecular weight excluding hydrogens is 420 g/mol. The van der Waals surface area contributed by atoms with Gasteiger partial charge in [0.15, 0.2) is 5.65 Å². The van der Waals surface area contributed by atoms with Crippen molar-refractivity contribution in [2.24, 2.45) is 11.8 Å². The zero-order valence-electron chi connectivity index (χ0n) is 17.6. The highest BCUT2D eigenvalue weighted by atomic mass is 32.1. The first-order valence-electron chi connectivity index (χ1n) is 11.0. The third-order valence-corrected chi connectivity index (χ3v) is 8.02. The maximum Gasteiger partial charge on any atom is 0.245 e. The molecule has 2 aliphatic rings. The Morgan fingerprint density at radius 3 is 2.97 bits per heavy atom. The summed E-state index contributed by atoms with van der Waals surface area (Å²) >= 11 is 1.73. The Kier molecular flexibility index (Phi) is 4.50. The van der Waals surface area contributed by atoms with Gasteiger partial charge in [0.05, 0.1) is 11.4 Å². The van der Waals surface area contributed by atoms with Crippen LogP contribution >= 0.6 is 11.3 Å². The van der Waals surface area contributed by atoms with Gasteiger partial charge in [0, 0.05) is 23.4 Å². The molecule has 1 saturated carbocycles. The lowest BCUT2D eigenvalue weighted by Gasteiger charge is -2.34. The molecule has 4 heterocycles. The number of nitrogen functional groups attached to an aromatic ring is 1. The number of benzene rings is 1. The number of rotatable bonds is 3. The number of likely N-dealkylation sites (tertiary alicyclic amines) is 1. The topological polar surface area (TPSA) is 89.9 Å². The van der Waals surface area contributed by atoms with Crippen LogP contribution in [-0.2, 0) is 4.79 Å². The monoisotopic (exact) mass is 444 g/mol. The Morgan fingerprint density at radius 2 is 2.09 bits per heavy atom. The minimum Gasteiger partial charge on any atom is -0.383 e. The summed E-state index contributed by atoms with van der Waals surface area (Å²) in [7, 11) is 0. The fraction of sp³-hybridized carbons (Fsp3) is 0.333. The SMILES string of the molecule is C=CC(=O)N1CCC2CC(n3nc(-c4ccc5sccc5c4)c4c(N)ncnc43)CC2C1. The number of nitrogens with two attached hydrogens (primary N) is 1. The number of hydrogen-bond acceptors (Lipinski definition) is 6. The molecule has 2 fully saturated rings. The van der Waals surface area contributed by atoms with Gasteiger partial charge in [-0.2, -0.15) is 5.10 Å². The molecule has 6 rings (SSSR count). The first kappa shape index (κ1) is 19.4. The Balaban J connectivity index is 1.40. The van der Waals surface area contributed by atoms with E-state index in [1.54, 1.807) is 11.3 Å². The zero-order chi connectivity index (χ0) is 21.8. The summed E-state index contributed by atoms with van der Waals surface area (Å²) in [5, 5.41) is 9.18. The molecule has 1 amide bonds. The standard InChI is InChI=1S/C24H24N6OS/c1-2-20(31)29-7-5-14-10-18(11-17(14)12-29)30-24-21(23(25)26-13-27-24)22(28-30)16-3-4-19-15(9-16)6-8-32-19/h2-4,6,8-9,13-14,17-18H,1,5,7,10-12H2,(H2,25,26,27). The zero-order valence-corrected chi connectivity index (χ0v) is 18.5. The Morgan fingerprint density at radius 1 is 1.22 bits per heavy atom. The number of thiophene rings is 1. The van der Waals surface area contributed by atoms with Gasteiger partial charge in [-0.25, -0.2) is 14.6 Å². The number of fused-ring (bicyclic) bond motifs is 3. The molecule has 0 bridgehead atoms. The van der Waals surface area contributed by atoms with Gasteiger partial charge in [0.1, 0.15) is 17.8 Å². The van der Waals surface area contributed by atoms with E-state index in [-0.39, 0.29) is 11.9 Å². The molecule has 3 atom stereocenters. The van der Waals surface area contributed by atoms with Crippen LogP contribution in [-0.4, -0.2) is 43.6 Å². The Bertz CT molecular complexity index is 1360. The minimum absolute atomic E-state index is 0.0306. The van der Waals surface area contributed by atoms with Gasteiger partial charge >= 0.3 is 0 Å². The van der Waals surface area contributed by atoms with Crippen molar-refractivity contribution >= 4 is 44.2 Å². The molecule has 1 aliphatic carbocycles. The maximum absolute atomic E-state index is 12.1. The van der Waals surface area contributed by atoms with Crippen molar-refractivity contribution in [3.63, 3.8) is 0 Å². The summed E-state index contributed by atoms with van der Waals surface area (Å²) in [4.78, 5) is 22.9. The van der Waals surface area contributed by atoms with Crippen LogP contribution in [0.1, 0.15) is 25.3 Å². The Labute approximate surface area is 189 Å². The minimum atomic E-state index is 0.0306. The lowest BCUT2D eigenvalue weighted by molar-refractivity contribution is -0.128. The normalized spacial score (nSPS) is 23.0. The van der Waals surface area contributed by atoms with E-state index in [2.05, 4.69) is 50.9 Å². The Hall–Kier alpha value is -3.26. The van der Waals surface area contributed by atoms with Crippen LogP contribution in [0.5, 0.6) is 0 Å². The van der Waals surface area contributed by atoms with E-state index in [0.29, 0.717) is 17.7 Å². The predicted molar refractivity (Wildman–Crippen MR) is 127 cm³/mol. The second-order valence-corrected chi connectivity index (χ2v) is 9.79. The molecule has 7 nitrogen and oxygen atoms in total. The first-order chi connectivity index (χ1) is 15.6.